The number of aromatic nitrogens is 6. The van der Waals surface area contributed by atoms with Gasteiger partial charge in [0.1, 0.15) is 11.6 Å². The Morgan fingerprint density at radius 2 is 1.94 bits per heavy atom. The average Bonchev–Trinajstić information content (AvgIpc) is 3.44. The van der Waals surface area contributed by atoms with Crippen LogP contribution in [-0.4, -0.2) is 48.9 Å². The molecule has 1 fully saturated rings. The van der Waals surface area contributed by atoms with Crippen LogP contribution in [0.3, 0.4) is 0 Å². The number of aromatic amines is 1. The zero-order valence-corrected chi connectivity index (χ0v) is 20.6. The van der Waals surface area contributed by atoms with Gasteiger partial charge in [-0.25, -0.2) is 19.0 Å². The van der Waals surface area contributed by atoms with E-state index in [1.807, 2.05) is 52.0 Å². The Labute approximate surface area is 208 Å². The molecule has 1 saturated heterocycles. The Morgan fingerprint density at radius 3 is 2.58 bits per heavy atom. The highest BCUT2D eigenvalue weighted by Crippen LogP contribution is 2.35. The second-order valence-corrected chi connectivity index (χ2v) is 9.61. The number of carbonyl (C=O) groups is 1. The molecule has 0 bridgehead atoms. The van der Waals surface area contributed by atoms with Gasteiger partial charge in [0.05, 0.1) is 23.9 Å². The lowest BCUT2D eigenvalue weighted by molar-refractivity contribution is -0.132. The summed E-state index contributed by atoms with van der Waals surface area (Å²) in [5.74, 6) is 2.28. The first-order valence-electron chi connectivity index (χ1n) is 11.7. The van der Waals surface area contributed by atoms with Crippen LogP contribution in [0, 0.1) is 25.1 Å². The van der Waals surface area contributed by atoms with Crippen molar-refractivity contribution < 1.29 is 9.18 Å². The minimum Gasteiger partial charge on any atom is -0.354 e. The number of hydrogen-bond donors (Lipinski definition) is 3. The van der Waals surface area contributed by atoms with Gasteiger partial charge in [0.2, 0.25) is 5.91 Å². The van der Waals surface area contributed by atoms with Gasteiger partial charge in [-0.05, 0) is 57.0 Å². The smallest absolute Gasteiger partial charge is 0.230 e. The van der Waals surface area contributed by atoms with Crippen LogP contribution in [0.2, 0.25) is 0 Å². The first-order chi connectivity index (χ1) is 17.2. The maximum absolute atomic E-state index is 13.2. The molecule has 4 aromatic heterocycles. The standard InChI is InChI=1S/C25H28FN9O/c1-15-7-20(30-21-9-16(2)32-33-21)31-23(8-15)34-13-25(4,14-34)24(36)29-17(3)18-5-6-22(27-10-18)35-12-19(26)11-28-35/h5-12,17H,13-14H2,1-4H3,(H,29,36)(H2,30,31,32,33)/t17-/m0/s1. The third kappa shape index (κ3) is 4.77. The number of H-pyrrole nitrogens is 1. The van der Waals surface area contributed by atoms with Gasteiger partial charge >= 0.3 is 0 Å². The topological polar surface area (TPSA) is 117 Å². The van der Waals surface area contributed by atoms with Crippen LogP contribution in [-0.2, 0) is 4.79 Å². The monoisotopic (exact) mass is 489 g/mol. The molecule has 4 aromatic rings. The Bertz CT molecular complexity index is 1390. The number of nitrogens with zero attached hydrogens (tertiary/aromatic N) is 6. The van der Waals surface area contributed by atoms with Crippen molar-refractivity contribution >= 4 is 23.4 Å². The van der Waals surface area contributed by atoms with Gasteiger partial charge in [0, 0.05) is 31.0 Å². The van der Waals surface area contributed by atoms with Crippen LogP contribution >= 0.6 is 0 Å². The molecule has 1 atom stereocenters. The summed E-state index contributed by atoms with van der Waals surface area (Å²) in [6, 6.07) is 9.26. The van der Waals surface area contributed by atoms with E-state index in [1.165, 1.54) is 10.9 Å². The van der Waals surface area contributed by atoms with Gasteiger partial charge in [-0.2, -0.15) is 10.2 Å². The maximum atomic E-state index is 13.2. The predicted molar refractivity (Wildman–Crippen MR) is 134 cm³/mol. The predicted octanol–water partition coefficient (Wildman–Crippen LogP) is 3.59. The van der Waals surface area contributed by atoms with Crippen molar-refractivity contribution in [3.05, 3.63) is 71.6 Å². The third-order valence-electron chi connectivity index (χ3n) is 6.27. The van der Waals surface area contributed by atoms with Gasteiger partial charge in [-0.15, -0.1) is 0 Å². The molecule has 0 unspecified atom stereocenters. The maximum Gasteiger partial charge on any atom is 0.230 e. The van der Waals surface area contributed by atoms with Crippen molar-refractivity contribution in [3.63, 3.8) is 0 Å². The molecule has 186 valence electrons. The second kappa shape index (κ2) is 9.06. The largest absolute Gasteiger partial charge is 0.354 e. The number of pyridine rings is 2. The summed E-state index contributed by atoms with van der Waals surface area (Å²) in [7, 11) is 0. The number of carbonyl (C=O) groups excluding carboxylic acids is 1. The molecule has 0 radical (unpaired) electrons. The van der Waals surface area contributed by atoms with Crippen molar-refractivity contribution in [1.82, 2.24) is 35.3 Å². The van der Waals surface area contributed by atoms with Gasteiger partial charge in [0.25, 0.3) is 0 Å². The quantitative estimate of drug-likeness (QED) is 0.363. The molecule has 0 aromatic carbocycles. The van der Waals surface area contributed by atoms with Crippen LogP contribution in [0.4, 0.5) is 21.8 Å². The fourth-order valence-corrected chi connectivity index (χ4v) is 4.26. The van der Waals surface area contributed by atoms with Crippen molar-refractivity contribution in [1.29, 1.82) is 0 Å². The zero-order valence-electron chi connectivity index (χ0n) is 20.6. The van der Waals surface area contributed by atoms with E-state index in [-0.39, 0.29) is 11.9 Å². The zero-order chi connectivity index (χ0) is 25.4. The lowest BCUT2D eigenvalue weighted by Crippen LogP contribution is -2.62. The van der Waals surface area contributed by atoms with E-state index >= 15 is 0 Å². The molecule has 1 aliphatic heterocycles. The summed E-state index contributed by atoms with van der Waals surface area (Å²) in [4.78, 5) is 24.3. The highest BCUT2D eigenvalue weighted by Gasteiger charge is 2.46. The summed E-state index contributed by atoms with van der Waals surface area (Å²) in [6.45, 7) is 8.95. The third-order valence-corrected chi connectivity index (χ3v) is 6.27. The van der Waals surface area contributed by atoms with Gasteiger partial charge in [-0.3, -0.25) is 9.89 Å². The first kappa shape index (κ1) is 23.5. The summed E-state index contributed by atoms with van der Waals surface area (Å²) in [5.41, 5.74) is 2.34. The summed E-state index contributed by atoms with van der Waals surface area (Å²) in [6.07, 6.45) is 4.06. The number of rotatable bonds is 7. The Kier molecular flexibility index (Phi) is 5.91. The number of amides is 1. The van der Waals surface area contributed by atoms with Crippen LogP contribution in [0.25, 0.3) is 5.82 Å². The van der Waals surface area contributed by atoms with Crippen LogP contribution in [0.15, 0.2) is 48.9 Å². The lowest BCUT2D eigenvalue weighted by Gasteiger charge is -2.47. The van der Waals surface area contributed by atoms with Crippen molar-refractivity contribution in [2.24, 2.45) is 5.41 Å². The molecule has 5 rings (SSSR count). The van der Waals surface area contributed by atoms with E-state index in [9.17, 15) is 9.18 Å². The minimum atomic E-state index is -0.535. The van der Waals surface area contributed by atoms with E-state index < -0.39 is 11.2 Å². The van der Waals surface area contributed by atoms with E-state index in [2.05, 4.69) is 35.8 Å². The molecule has 5 heterocycles. The summed E-state index contributed by atoms with van der Waals surface area (Å²) < 4.78 is 14.6. The fourth-order valence-electron chi connectivity index (χ4n) is 4.26. The van der Waals surface area contributed by atoms with Crippen molar-refractivity contribution in [2.45, 2.75) is 33.7 Å². The van der Waals surface area contributed by atoms with Gasteiger partial charge < -0.3 is 15.5 Å². The molecule has 3 N–H and O–H groups in total. The van der Waals surface area contributed by atoms with Crippen molar-refractivity contribution in [3.8, 4) is 5.82 Å². The summed E-state index contributed by atoms with van der Waals surface area (Å²) >= 11 is 0. The fraction of sp³-hybridized carbons (Fsp3) is 0.320. The van der Waals surface area contributed by atoms with E-state index in [1.54, 1.807) is 12.3 Å². The van der Waals surface area contributed by atoms with E-state index in [0.717, 1.165) is 28.8 Å². The van der Waals surface area contributed by atoms with E-state index in [4.69, 9.17) is 4.98 Å². The first-order valence-corrected chi connectivity index (χ1v) is 11.7. The number of nitrogens with one attached hydrogen (secondary N) is 3. The molecule has 10 nitrogen and oxygen atoms in total. The number of aryl methyl sites for hydroxylation is 2. The molecular formula is C25H28FN9O. The van der Waals surface area contributed by atoms with E-state index in [0.29, 0.717) is 30.5 Å². The molecule has 0 spiro atoms. The molecule has 1 amide bonds. The Hall–Kier alpha value is -4.28. The SMILES string of the molecule is Cc1cc(Nc2cc(C)[nH]n2)nc(N2CC(C)(C(=O)N[C@@H](C)c3ccc(-n4cc(F)cn4)nc3)C2)c1. The summed E-state index contributed by atoms with van der Waals surface area (Å²) in [5, 5.41) is 17.3. The average molecular weight is 490 g/mol. The number of anilines is 3. The highest BCUT2D eigenvalue weighted by atomic mass is 19.1. The van der Waals surface area contributed by atoms with Crippen LogP contribution < -0.4 is 15.5 Å². The number of hydrogen-bond acceptors (Lipinski definition) is 7. The van der Waals surface area contributed by atoms with Gasteiger partial charge in [-0.1, -0.05) is 6.07 Å². The lowest BCUT2D eigenvalue weighted by atomic mass is 9.80. The number of halogens is 1. The molecule has 36 heavy (non-hydrogen) atoms. The normalized spacial score (nSPS) is 15.3. The minimum absolute atomic E-state index is 0.0255. The molecule has 11 heteroatoms. The molecule has 0 saturated carbocycles. The van der Waals surface area contributed by atoms with Crippen LogP contribution in [0.1, 0.15) is 36.7 Å². The van der Waals surface area contributed by atoms with Gasteiger partial charge in [0.15, 0.2) is 17.5 Å². The highest BCUT2D eigenvalue weighted by molar-refractivity contribution is 5.86. The Morgan fingerprint density at radius 1 is 1.14 bits per heavy atom. The van der Waals surface area contributed by atoms with Crippen LogP contribution in [0.5, 0.6) is 0 Å². The molecule has 0 aliphatic carbocycles. The molecule has 1 aliphatic rings. The van der Waals surface area contributed by atoms with Crippen molar-refractivity contribution in [2.75, 3.05) is 23.3 Å². The Balaban J connectivity index is 1.20. The molecular weight excluding hydrogens is 461 g/mol. The second-order valence-electron chi connectivity index (χ2n) is 9.61.